The number of nitrogens with zero attached hydrogens (tertiary/aromatic N) is 5. The van der Waals surface area contributed by atoms with Crippen LogP contribution in [0.4, 0.5) is 0 Å². The number of ketones is 4. The number of allylic oxidation sites excluding steroid dienone is 12. The van der Waals surface area contributed by atoms with E-state index in [0.29, 0.717) is 17.7 Å². The minimum Gasteiger partial charge on any atom is -0.512 e. The van der Waals surface area contributed by atoms with Crippen molar-refractivity contribution in [2.45, 2.75) is 86.6 Å². The molecule has 0 saturated carbocycles. The van der Waals surface area contributed by atoms with Crippen LogP contribution >= 0.6 is 0 Å². The SMILES string of the molecule is CC(=O)C=C(C)O.CC(=O)C=C(C)O.CC(=O)C=C(C)O.CC(=O)C=C(C)O.Cc1c[c-]c(-c2ccccn2)cc1.[Ir].[Ir].[Ir].[Ir].[Ir].[c-]1ccc2ccccc2c1C1=NC2C=CC=CC2O1.[c-]1ccccc1-c1ccccn1.[c-]1ccccc1-c1ncc(-c2ccccc2)o1.[c-]1ccccc1C1=NC2C=CC=CC2O1. The zero-order valence-corrected chi connectivity index (χ0v) is 73.0. The van der Waals surface area contributed by atoms with E-state index >= 15 is 0 Å². The molecule has 109 heavy (non-hydrogen) atoms. The Kier molecular flexibility index (Phi) is 48.2. The molecule has 0 fully saturated rings. The van der Waals surface area contributed by atoms with E-state index in [-0.39, 0.29) is 171 Å². The molecule has 575 valence electrons. The molecule has 2 aliphatic carbocycles. The van der Waals surface area contributed by atoms with Crippen LogP contribution in [-0.2, 0) is 129 Å². The molecule has 4 N–H and O–H groups in total. The van der Waals surface area contributed by atoms with Crippen molar-refractivity contribution in [3.63, 3.8) is 0 Å². The van der Waals surface area contributed by atoms with E-state index in [2.05, 4.69) is 98.6 Å². The molecule has 2 aliphatic heterocycles. The van der Waals surface area contributed by atoms with Crippen molar-refractivity contribution in [2.24, 2.45) is 9.98 Å². The Morgan fingerprint density at radius 2 is 0.826 bits per heavy atom. The summed E-state index contributed by atoms with van der Waals surface area (Å²) in [5.41, 5.74) is 9.03. The Morgan fingerprint density at radius 1 is 0.404 bits per heavy atom. The van der Waals surface area contributed by atoms with Crippen molar-refractivity contribution in [3.8, 4) is 45.3 Å². The second-order valence-electron chi connectivity index (χ2n) is 23.0. The number of aliphatic imine (C=N–C) groups is 2. The summed E-state index contributed by atoms with van der Waals surface area (Å²) in [5.74, 6) is 2.52. The summed E-state index contributed by atoms with van der Waals surface area (Å²) in [5, 5.41) is 35.8. The number of ether oxygens (including phenoxy) is 2. The second-order valence-corrected chi connectivity index (χ2v) is 23.0. The topological polar surface area (TPSA) is 244 Å². The molecule has 0 bridgehead atoms. The Balaban J connectivity index is 0.000000625. The number of hydrogen-bond acceptors (Lipinski definition) is 16. The van der Waals surface area contributed by atoms with Gasteiger partial charge in [0.1, 0.15) is 47.7 Å². The molecule has 3 aromatic heterocycles. The molecule has 4 aliphatic rings. The number of aryl methyl sites for hydroxylation is 1. The number of rotatable bonds is 10. The summed E-state index contributed by atoms with van der Waals surface area (Å²) >= 11 is 0. The Hall–Kier alpha value is -9.70. The van der Waals surface area contributed by atoms with Gasteiger partial charge < -0.3 is 44.3 Å². The number of benzene rings is 7. The predicted molar refractivity (Wildman–Crippen MR) is 411 cm³/mol. The molecular weight excluding hydrogens is 2260 g/mol. The number of pyridine rings is 2. The third kappa shape index (κ3) is 37.3. The quantitative estimate of drug-likeness (QED) is 0.0565. The third-order valence-corrected chi connectivity index (χ3v) is 13.7. The fourth-order valence-electron chi connectivity index (χ4n) is 9.41. The van der Waals surface area contributed by atoms with Gasteiger partial charge in [0.25, 0.3) is 0 Å². The summed E-state index contributed by atoms with van der Waals surface area (Å²) in [6, 6.07) is 79.2. The van der Waals surface area contributed by atoms with E-state index in [1.165, 1.54) is 90.6 Å². The average Bonchev–Trinajstić information content (AvgIpc) is 1.68. The first-order chi connectivity index (χ1) is 50.1. The van der Waals surface area contributed by atoms with Crippen LogP contribution in [0.25, 0.3) is 56.1 Å². The van der Waals surface area contributed by atoms with Gasteiger partial charge in [0.2, 0.25) is 0 Å². The Morgan fingerprint density at radius 3 is 1.25 bits per heavy atom. The van der Waals surface area contributed by atoms with E-state index in [1.54, 1.807) is 18.6 Å². The van der Waals surface area contributed by atoms with E-state index in [0.717, 1.165) is 55.9 Å². The Labute approximate surface area is 706 Å². The standard InChI is InChI=1S/C17H12NO.C15H10NO.C13H10NO.C12H10N.C11H8N.4C5H8O2.5Ir/c1-2-8-13-12(6-1)7-5-9-14(13)17-18-15-10-3-4-11-16(15)19-17;1-3-7-12(8-4-1)14-11-16-15(17-14)13-9-5-2-6-10-13;1-2-6-10(7-3-1)13-14-11-8-4-5-9-12(11)15-13;1-10-5-7-11(8-6-10)12-4-2-3-9-13-12;1-2-6-10(7-3-1)11-8-4-5-9-12-11;4*1-4(6)3-5(2)7;;;;;/h1-8,10-11,15-16H;1-9,11H;1-6,8-9,11-12H;2-7,9H,1H3;1-6,8-9H;4*3,6H,1-2H3;;;;;/q5*-1;;;;;;;;;. The second kappa shape index (κ2) is 54.0. The molecule has 0 spiro atoms. The first-order valence-corrected chi connectivity index (χ1v) is 33.0. The largest absolute Gasteiger partial charge is 0.512 e. The summed E-state index contributed by atoms with van der Waals surface area (Å²) in [4.78, 5) is 62.0. The molecule has 14 rings (SSSR count). The van der Waals surface area contributed by atoms with Gasteiger partial charge in [-0.25, -0.2) is 0 Å². The molecule has 7 aromatic carbocycles. The van der Waals surface area contributed by atoms with E-state index in [4.69, 9.17) is 34.3 Å². The zero-order valence-electron chi connectivity index (χ0n) is 61.0. The summed E-state index contributed by atoms with van der Waals surface area (Å²) in [7, 11) is 0. The van der Waals surface area contributed by atoms with Crippen molar-refractivity contribution in [3.05, 3.63) is 356 Å². The maximum Gasteiger partial charge on any atom is 0.155 e. The van der Waals surface area contributed by atoms with Crippen molar-refractivity contribution < 1.29 is 154 Å². The van der Waals surface area contributed by atoms with Gasteiger partial charge >= 0.3 is 0 Å². The number of hydrogen-bond donors (Lipinski definition) is 4. The molecule has 10 aromatic rings. The normalized spacial score (nSPS) is 14.7. The van der Waals surface area contributed by atoms with Crippen LogP contribution in [0.5, 0.6) is 0 Å². The first kappa shape index (κ1) is 97.3. The van der Waals surface area contributed by atoms with Gasteiger partial charge in [0, 0.05) is 143 Å². The van der Waals surface area contributed by atoms with Gasteiger partial charge in [-0.3, -0.25) is 34.1 Å². The maximum absolute atomic E-state index is 10.0. The number of oxazole rings is 1. The van der Waals surface area contributed by atoms with Crippen LogP contribution in [0, 0.1) is 37.3 Å². The van der Waals surface area contributed by atoms with Crippen LogP contribution < -0.4 is 0 Å². The van der Waals surface area contributed by atoms with Crippen LogP contribution in [-0.4, -0.2) is 94.6 Å². The maximum atomic E-state index is 10.0. The number of aliphatic hydroxyl groups excluding tert-OH is 4. The third-order valence-electron chi connectivity index (χ3n) is 13.7. The van der Waals surface area contributed by atoms with Crippen molar-refractivity contribution in [1.29, 1.82) is 0 Å². The van der Waals surface area contributed by atoms with Crippen molar-refractivity contribution >= 4 is 45.7 Å². The molecule has 16 nitrogen and oxygen atoms in total. The summed E-state index contributed by atoms with van der Waals surface area (Å²) in [6.45, 7) is 13.4. The van der Waals surface area contributed by atoms with Crippen LogP contribution in [0.2, 0.25) is 0 Å². The average molecular weight is 2350 g/mol. The van der Waals surface area contributed by atoms with Crippen LogP contribution in [0.3, 0.4) is 0 Å². The van der Waals surface area contributed by atoms with E-state index in [1.807, 2.05) is 206 Å². The number of aromatic nitrogens is 3. The molecule has 4 atom stereocenters. The minimum absolute atomic E-state index is 0. The van der Waals surface area contributed by atoms with Crippen molar-refractivity contribution in [1.82, 2.24) is 15.0 Å². The molecule has 21 heteroatoms. The van der Waals surface area contributed by atoms with Gasteiger partial charge in [-0.2, -0.15) is 0 Å². The fraction of sp³-hybridized carbons (Fsp3) is 0.148. The minimum atomic E-state index is -0.125. The molecule has 5 heterocycles. The number of carbonyl (C=O) groups excluding carboxylic acids is 4. The fourth-order valence-corrected chi connectivity index (χ4v) is 9.41. The smallest absolute Gasteiger partial charge is 0.155 e. The summed E-state index contributed by atoms with van der Waals surface area (Å²) < 4.78 is 17.4. The van der Waals surface area contributed by atoms with Gasteiger partial charge in [-0.15, -0.1) is 156 Å². The first-order valence-electron chi connectivity index (χ1n) is 33.0. The van der Waals surface area contributed by atoms with Crippen LogP contribution in [0.15, 0.2) is 323 Å². The predicted octanol–water partition coefficient (Wildman–Crippen LogP) is 18.8. The van der Waals surface area contributed by atoms with Crippen molar-refractivity contribution in [2.75, 3.05) is 0 Å². The van der Waals surface area contributed by atoms with Gasteiger partial charge in [0.15, 0.2) is 23.1 Å². The number of aliphatic hydroxyl groups is 4. The van der Waals surface area contributed by atoms with E-state index < -0.39 is 0 Å². The van der Waals surface area contributed by atoms with E-state index in [9.17, 15) is 19.2 Å². The number of fused-ring (bicyclic) bond motifs is 3. The van der Waals surface area contributed by atoms with Gasteiger partial charge in [0.05, 0.1) is 29.2 Å². The summed E-state index contributed by atoms with van der Waals surface area (Å²) in [6.07, 6.45) is 26.3. The molecular formula is C88H82Ir5N5O11-5. The Bertz CT molecular complexity index is 4460. The molecule has 5 radical (unpaired) electrons. The molecule has 4 unspecified atom stereocenters. The van der Waals surface area contributed by atoms with Crippen LogP contribution in [0.1, 0.15) is 72.1 Å². The van der Waals surface area contributed by atoms with Gasteiger partial charge in [-0.1, -0.05) is 144 Å². The van der Waals surface area contributed by atoms with Gasteiger partial charge in [-0.05, 0) is 91.1 Å². The number of carbonyl (C=O) groups is 4. The monoisotopic (exact) mass is 2350 g/mol. The molecule has 0 saturated heterocycles. The zero-order chi connectivity index (χ0) is 75.0. The molecule has 0 amide bonds.